The first kappa shape index (κ1) is 14.0. The fraction of sp³-hybridized carbons (Fsp3) is 0.400. The highest BCUT2D eigenvalue weighted by molar-refractivity contribution is 7.09. The van der Waals surface area contributed by atoms with E-state index in [4.69, 9.17) is 4.74 Å². The molecule has 19 heavy (non-hydrogen) atoms. The van der Waals surface area contributed by atoms with Gasteiger partial charge in [-0.15, -0.1) is 11.3 Å². The average molecular weight is 276 g/mol. The van der Waals surface area contributed by atoms with Crippen LogP contribution >= 0.6 is 11.3 Å². The number of aromatic nitrogens is 1. The van der Waals surface area contributed by atoms with Crippen LogP contribution in [0.4, 0.5) is 0 Å². The molecule has 0 fully saturated rings. The Morgan fingerprint density at radius 2 is 2.00 bits per heavy atom. The molecule has 0 aliphatic heterocycles. The zero-order valence-electron chi connectivity index (χ0n) is 11.9. The lowest BCUT2D eigenvalue weighted by molar-refractivity contribution is 0.341. The number of rotatable bonds is 5. The molecular weight excluding hydrogens is 256 g/mol. The smallest absolute Gasteiger partial charge is 0.128 e. The van der Waals surface area contributed by atoms with Gasteiger partial charge in [0.15, 0.2) is 0 Å². The lowest BCUT2D eigenvalue weighted by Gasteiger charge is -2.11. The van der Waals surface area contributed by atoms with Crippen molar-refractivity contribution in [3.63, 3.8) is 0 Å². The third kappa shape index (κ3) is 3.14. The molecule has 0 spiro atoms. The van der Waals surface area contributed by atoms with Crippen LogP contribution in [0, 0.1) is 13.8 Å². The van der Waals surface area contributed by atoms with Crippen molar-refractivity contribution >= 4 is 11.3 Å². The molecule has 0 aliphatic rings. The quantitative estimate of drug-likeness (QED) is 0.907. The fourth-order valence-corrected chi connectivity index (χ4v) is 2.74. The molecule has 0 saturated carbocycles. The highest BCUT2D eigenvalue weighted by Crippen LogP contribution is 2.33. The minimum absolute atomic E-state index is 0.670. The SMILES string of the molecule is CCOc1cc(C)c(C)cc1-c1csc(CNC)n1. The van der Waals surface area contributed by atoms with Crippen molar-refractivity contribution in [3.05, 3.63) is 33.6 Å². The molecule has 0 saturated heterocycles. The van der Waals surface area contributed by atoms with E-state index in [9.17, 15) is 0 Å². The Kier molecular flexibility index (Phi) is 4.56. The molecule has 2 rings (SSSR count). The van der Waals surface area contributed by atoms with Gasteiger partial charge in [0, 0.05) is 17.5 Å². The van der Waals surface area contributed by atoms with E-state index in [1.807, 2.05) is 14.0 Å². The second kappa shape index (κ2) is 6.17. The van der Waals surface area contributed by atoms with Crippen molar-refractivity contribution in [1.82, 2.24) is 10.3 Å². The highest BCUT2D eigenvalue weighted by Gasteiger charge is 2.12. The summed E-state index contributed by atoms with van der Waals surface area (Å²) in [6.45, 7) is 7.71. The van der Waals surface area contributed by atoms with Crippen molar-refractivity contribution in [2.75, 3.05) is 13.7 Å². The molecular formula is C15H20N2OS. The number of hydrogen-bond donors (Lipinski definition) is 1. The summed E-state index contributed by atoms with van der Waals surface area (Å²) in [5, 5.41) is 6.32. The number of thiazole rings is 1. The van der Waals surface area contributed by atoms with Gasteiger partial charge < -0.3 is 10.1 Å². The van der Waals surface area contributed by atoms with E-state index in [0.29, 0.717) is 6.61 Å². The molecule has 3 nitrogen and oxygen atoms in total. The minimum atomic E-state index is 0.670. The number of ether oxygens (including phenoxy) is 1. The zero-order chi connectivity index (χ0) is 13.8. The Morgan fingerprint density at radius 1 is 1.26 bits per heavy atom. The maximum atomic E-state index is 5.75. The molecule has 0 aliphatic carbocycles. The lowest BCUT2D eigenvalue weighted by atomic mass is 10.0. The van der Waals surface area contributed by atoms with E-state index in [-0.39, 0.29) is 0 Å². The molecule has 102 valence electrons. The predicted molar refractivity (Wildman–Crippen MR) is 81.0 cm³/mol. The first-order valence-electron chi connectivity index (χ1n) is 6.49. The van der Waals surface area contributed by atoms with Crippen LogP contribution in [0.15, 0.2) is 17.5 Å². The molecule has 1 aromatic heterocycles. The largest absolute Gasteiger partial charge is 0.493 e. The first-order chi connectivity index (χ1) is 9.15. The highest BCUT2D eigenvalue weighted by atomic mass is 32.1. The standard InChI is InChI=1S/C15H20N2OS/c1-5-18-14-7-11(3)10(2)6-12(14)13-9-19-15(17-13)8-16-4/h6-7,9,16H,5,8H2,1-4H3. The maximum absolute atomic E-state index is 5.75. The van der Waals surface area contributed by atoms with Crippen molar-refractivity contribution < 1.29 is 4.74 Å². The van der Waals surface area contributed by atoms with E-state index in [1.165, 1.54) is 11.1 Å². The summed E-state index contributed by atoms with van der Waals surface area (Å²) in [6, 6.07) is 4.27. The van der Waals surface area contributed by atoms with E-state index in [2.05, 4.69) is 41.7 Å². The second-order valence-electron chi connectivity index (χ2n) is 4.52. The van der Waals surface area contributed by atoms with Crippen LogP contribution in [-0.4, -0.2) is 18.6 Å². The van der Waals surface area contributed by atoms with E-state index in [0.717, 1.165) is 28.6 Å². The van der Waals surface area contributed by atoms with E-state index >= 15 is 0 Å². The molecule has 1 aromatic carbocycles. The van der Waals surface area contributed by atoms with Gasteiger partial charge in [0.05, 0.1) is 12.3 Å². The summed E-state index contributed by atoms with van der Waals surface area (Å²) in [4.78, 5) is 4.66. The minimum Gasteiger partial charge on any atom is -0.493 e. The van der Waals surface area contributed by atoms with Gasteiger partial charge in [-0.25, -0.2) is 4.98 Å². The summed E-state index contributed by atoms with van der Waals surface area (Å²) in [7, 11) is 1.93. The first-order valence-corrected chi connectivity index (χ1v) is 7.37. The average Bonchev–Trinajstić information content (AvgIpc) is 2.83. The molecule has 1 N–H and O–H groups in total. The van der Waals surface area contributed by atoms with Crippen LogP contribution in [0.2, 0.25) is 0 Å². The third-order valence-corrected chi connectivity index (χ3v) is 3.90. The fourth-order valence-electron chi connectivity index (χ4n) is 1.93. The van der Waals surface area contributed by atoms with Gasteiger partial charge in [-0.1, -0.05) is 0 Å². The number of hydrogen-bond acceptors (Lipinski definition) is 4. The molecule has 0 radical (unpaired) electrons. The number of nitrogens with one attached hydrogen (secondary N) is 1. The van der Waals surface area contributed by atoms with Crippen molar-refractivity contribution in [1.29, 1.82) is 0 Å². The molecule has 0 bridgehead atoms. The Bertz CT molecular complexity index is 563. The monoisotopic (exact) mass is 276 g/mol. The van der Waals surface area contributed by atoms with Gasteiger partial charge in [0.1, 0.15) is 10.8 Å². The Morgan fingerprint density at radius 3 is 2.68 bits per heavy atom. The Balaban J connectivity index is 2.43. The topological polar surface area (TPSA) is 34.1 Å². The molecule has 2 aromatic rings. The molecule has 1 heterocycles. The second-order valence-corrected chi connectivity index (χ2v) is 5.47. The van der Waals surface area contributed by atoms with Crippen LogP contribution in [0.1, 0.15) is 23.1 Å². The van der Waals surface area contributed by atoms with Crippen LogP contribution < -0.4 is 10.1 Å². The van der Waals surface area contributed by atoms with E-state index in [1.54, 1.807) is 11.3 Å². The maximum Gasteiger partial charge on any atom is 0.128 e. The summed E-state index contributed by atoms with van der Waals surface area (Å²) in [5.74, 6) is 0.923. The van der Waals surface area contributed by atoms with Gasteiger partial charge in [-0.05, 0) is 51.1 Å². The Labute approximate surface area is 118 Å². The van der Waals surface area contributed by atoms with Crippen LogP contribution in [0.3, 0.4) is 0 Å². The van der Waals surface area contributed by atoms with Crippen LogP contribution in [0.25, 0.3) is 11.3 Å². The van der Waals surface area contributed by atoms with Gasteiger partial charge in [0.2, 0.25) is 0 Å². The Hall–Kier alpha value is -1.39. The van der Waals surface area contributed by atoms with Crippen LogP contribution in [0.5, 0.6) is 5.75 Å². The van der Waals surface area contributed by atoms with Gasteiger partial charge in [-0.2, -0.15) is 0 Å². The molecule has 0 unspecified atom stereocenters. The number of nitrogens with zero attached hydrogens (tertiary/aromatic N) is 1. The molecule has 0 atom stereocenters. The molecule has 4 heteroatoms. The number of benzene rings is 1. The van der Waals surface area contributed by atoms with Crippen molar-refractivity contribution in [3.8, 4) is 17.0 Å². The summed E-state index contributed by atoms with van der Waals surface area (Å²) >= 11 is 1.68. The van der Waals surface area contributed by atoms with Gasteiger partial charge >= 0.3 is 0 Å². The van der Waals surface area contributed by atoms with Gasteiger partial charge in [0.25, 0.3) is 0 Å². The summed E-state index contributed by atoms with van der Waals surface area (Å²) in [6.07, 6.45) is 0. The summed E-state index contributed by atoms with van der Waals surface area (Å²) in [5.41, 5.74) is 4.60. The predicted octanol–water partition coefficient (Wildman–Crippen LogP) is 3.55. The summed E-state index contributed by atoms with van der Waals surface area (Å²) < 4.78 is 5.75. The molecule has 0 amide bonds. The lowest BCUT2D eigenvalue weighted by Crippen LogP contribution is -2.04. The van der Waals surface area contributed by atoms with Crippen LogP contribution in [-0.2, 0) is 6.54 Å². The third-order valence-electron chi connectivity index (χ3n) is 3.05. The number of aryl methyl sites for hydroxylation is 2. The zero-order valence-corrected chi connectivity index (χ0v) is 12.7. The normalized spacial score (nSPS) is 10.7. The van der Waals surface area contributed by atoms with Crippen molar-refractivity contribution in [2.45, 2.75) is 27.3 Å². The van der Waals surface area contributed by atoms with E-state index < -0.39 is 0 Å². The van der Waals surface area contributed by atoms with Gasteiger partial charge in [-0.3, -0.25) is 0 Å². The van der Waals surface area contributed by atoms with Crippen molar-refractivity contribution in [2.24, 2.45) is 0 Å².